The lowest BCUT2D eigenvalue weighted by Gasteiger charge is -2.25. The van der Waals surface area contributed by atoms with Gasteiger partial charge in [0.25, 0.3) is 0 Å². The van der Waals surface area contributed by atoms with Crippen molar-refractivity contribution in [1.82, 2.24) is 4.90 Å². The Bertz CT molecular complexity index is 69.1. The fraction of sp³-hybridized carbons (Fsp3) is 1.00. The van der Waals surface area contributed by atoms with Gasteiger partial charge in [0.05, 0.1) is 0 Å². The van der Waals surface area contributed by atoms with Crippen LogP contribution in [0.15, 0.2) is 0 Å². The van der Waals surface area contributed by atoms with Gasteiger partial charge in [-0.25, -0.2) is 0 Å². The fourth-order valence-corrected chi connectivity index (χ4v) is 0.850. The average Bonchev–Trinajstić information content (AvgIpc) is 1.84. The number of hydrogen-bond donors (Lipinski definition) is 0. The number of rotatable bonds is 3. The van der Waals surface area contributed by atoms with E-state index in [4.69, 9.17) is 0 Å². The SMILES string of the molecule is C.CCC(C)C(C)N(C)C. The highest BCUT2D eigenvalue weighted by Gasteiger charge is 2.10. The van der Waals surface area contributed by atoms with Crippen LogP contribution in [0.3, 0.4) is 0 Å². The maximum absolute atomic E-state index is 2.30. The lowest BCUT2D eigenvalue weighted by Crippen LogP contribution is -2.30. The minimum Gasteiger partial charge on any atom is -0.306 e. The molecular formula is C9H23N. The molecule has 0 radical (unpaired) electrons. The Kier molecular flexibility index (Phi) is 7.22. The smallest absolute Gasteiger partial charge is 0.00863 e. The van der Waals surface area contributed by atoms with E-state index in [0.717, 1.165) is 12.0 Å². The molecule has 0 N–H and O–H groups in total. The van der Waals surface area contributed by atoms with Crippen LogP contribution in [0.1, 0.15) is 34.6 Å². The lowest BCUT2D eigenvalue weighted by molar-refractivity contribution is 0.235. The Labute approximate surface area is 66.4 Å². The quantitative estimate of drug-likeness (QED) is 0.590. The van der Waals surface area contributed by atoms with Crippen molar-refractivity contribution in [1.29, 1.82) is 0 Å². The summed E-state index contributed by atoms with van der Waals surface area (Å²) in [6, 6.07) is 0.718. The first-order chi connectivity index (χ1) is 4.09. The van der Waals surface area contributed by atoms with E-state index in [9.17, 15) is 0 Å². The van der Waals surface area contributed by atoms with E-state index in [1.807, 2.05) is 0 Å². The zero-order chi connectivity index (χ0) is 7.44. The molecule has 0 fully saturated rings. The molecule has 0 saturated carbocycles. The van der Waals surface area contributed by atoms with Crippen molar-refractivity contribution in [3.8, 4) is 0 Å². The van der Waals surface area contributed by atoms with Crippen molar-refractivity contribution >= 4 is 0 Å². The summed E-state index contributed by atoms with van der Waals surface area (Å²) in [5, 5.41) is 0. The molecule has 10 heavy (non-hydrogen) atoms. The minimum atomic E-state index is 0. The first-order valence-corrected chi connectivity index (χ1v) is 3.76. The Morgan fingerprint density at radius 1 is 1.20 bits per heavy atom. The third-order valence-electron chi connectivity index (χ3n) is 2.28. The van der Waals surface area contributed by atoms with Crippen molar-refractivity contribution in [2.75, 3.05) is 14.1 Å². The van der Waals surface area contributed by atoms with E-state index in [2.05, 4.69) is 39.8 Å². The zero-order valence-corrected chi connectivity index (χ0v) is 7.31. The molecule has 0 aliphatic heterocycles. The number of hydrogen-bond acceptors (Lipinski definition) is 1. The maximum Gasteiger partial charge on any atom is 0.00863 e. The Morgan fingerprint density at radius 3 is 1.70 bits per heavy atom. The maximum atomic E-state index is 2.30. The summed E-state index contributed by atoms with van der Waals surface area (Å²) < 4.78 is 0. The molecule has 2 unspecified atom stereocenters. The van der Waals surface area contributed by atoms with Crippen LogP contribution >= 0.6 is 0 Å². The van der Waals surface area contributed by atoms with Crippen LogP contribution in [0.25, 0.3) is 0 Å². The zero-order valence-electron chi connectivity index (χ0n) is 7.31. The van der Waals surface area contributed by atoms with Crippen molar-refractivity contribution < 1.29 is 0 Å². The summed E-state index contributed by atoms with van der Waals surface area (Å²) in [7, 11) is 4.27. The summed E-state index contributed by atoms with van der Waals surface area (Å²) in [4.78, 5) is 2.27. The summed E-state index contributed by atoms with van der Waals surface area (Å²) in [5.74, 6) is 0.819. The monoisotopic (exact) mass is 145 g/mol. The van der Waals surface area contributed by atoms with Crippen molar-refractivity contribution in [2.24, 2.45) is 5.92 Å². The van der Waals surface area contributed by atoms with Gasteiger partial charge in [-0.15, -0.1) is 0 Å². The Hall–Kier alpha value is -0.0400. The van der Waals surface area contributed by atoms with Crippen LogP contribution in [0.2, 0.25) is 0 Å². The molecule has 0 saturated heterocycles. The highest BCUT2D eigenvalue weighted by Crippen LogP contribution is 2.10. The van der Waals surface area contributed by atoms with Gasteiger partial charge in [0.2, 0.25) is 0 Å². The van der Waals surface area contributed by atoms with E-state index in [-0.39, 0.29) is 7.43 Å². The van der Waals surface area contributed by atoms with Gasteiger partial charge < -0.3 is 4.90 Å². The van der Waals surface area contributed by atoms with Crippen LogP contribution in [0.5, 0.6) is 0 Å². The van der Waals surface area contributed by atoms with Crippen LogP contribution in [-0.2, 0) is 0 Å². The van der Waals surface area contributed by atoms with Gasteiger partial charge in [-0.1, -0.05) is 27.7 Å². The second kappa shape index (κ2) is 5.72. The highest BCUT2D eigenvalue weighted by atomic mass is 15.1. The molecule has 0 spiro atoms. The van der Waals surface area contributed by atoms with E-state index < -0.39 is 0 Å². The van der Waals surface area contributed by atoms with Gasteiger partial charge in [-0.05, 0) is 26.9 Å². The normalized spacial score (nSPS) is 16.2. The largest absolute Gasteiger partial charge is 0.306 e. The second-order valence-corrected chi connectivity index (χ2v) is 3.09. The standard InChI is InChI=1S/C8H19N.CH4/c1-6-7(2)8(3)9(4)5;/h7-8H,6H2,1-5H3;1H4. The van der Waals surface area contributed by atoms with E-state index >= 15 is 0 Å². The third kappa shape index (κ3) is 3.89. The summed E-state index contributed by atoms with van der Waals surface area (Å²) in [6.07, 6.45) is 1.28. The van der Waals surface area contributed by atoms with Crippen molar-refractivity contribution in [2.45, 2.75) is 40.7 Å². The van der Waals surface area contributed by atoms with Gasteiger partial charge in [-0.2, -0.15) is 0 Å². The van der Waals surface area contributed by atoms with E-state index in [0.29, 0.717) is 0 Å². The molecular weight excluding hydrogens is 122 g/mol. The Balaban J connectivity index is 0. The molecule has 0 amide bonds. The van der Waals surface area contributed by atoms with Crippen molar-refractivity contribution in [3.05, 3.63) is 0 Å². The van der Waals surface area contributed by atoms with Gasteiger partial charge >= 0.3 is 0 Å². The molecule has 0 heterocycles. The molecule has 0 aliphatic rings. The minimum absolute atomic E-state index is 0. The van der Waals surface area contributed by atoms with Gasteiger partial charge in [-0.3, -0.25) is 0 Å². The van der Waals surface area contributed by atoms with E-state index in [1.165, 1.54) is 6.42 Å². The summed E-state index contributed by atoms with van der Waals surface area (Å²) in [6.45, 7) is 6.81. The lowest BCUT2D eigenvalue weighted by atomic mass is 10.0. The van der Waals surface area contributed by atoms with Crippen LogP contribution in [-0.4, -0.2) is 25.0 Å². The number of nitrogens with zero attached hydrogens (tertiary/aromatic N) is 1. The van der Waals surface area contributed by atoms with Gasteiger partial charge in [0.15, 0.2) is 0 Å². The fourth-order valence-electron chi connectivity index (χ4n) is 0.850. The predicted octanol–water partition coefficient (Wildman–Crippen LogP) is 2.62. The molecule has 1 heteroatoms. The first-order valence-electron chi connectivity index (χ1n) is 3.76. The van der Waals surface area contributed by atoms with Crippen LogP contribution in [0, 0.1) is 5.92 Å². The molecule has 0 aromatic carbocycles. The van der Waals surface area contributed by atoms with Crippen molar-refractivity contribution in [3.63, 3.8) is 0 Å². The van der Waals surface area contributed by atoms with Gasteiger partial charge in [0.1, 0.15) is 0 Å². The summed E-state index contributed by atoms with van der Waals surface area (Å²) >= 11 is 0. The molecule has 0 rings (SSSR count). The molecule has 2 atom stereocenters. The Morgan fingerprint density at radius 2 is 1.60 bits per heavy atom. The van der Waals surface area contributed by atoms with Crippen LogP contribution < -0.4 is 0 Å². The summed E-state index contributed by atoms with van der Waals surface area (Å²) in [5.41, 5.74) is 0. The van der Waals surface area contributed by atoms with E-state index in [1.54, 1.807) is 0 Å². The predicted molar refractivity (Wildman–Crippen MR) is 49.3 cm³/mol. The first kappa shape index (κ1) is 12.6. The topological polar surface area (TPSA) is 3.24 Å². The molecule has 0 bridgehead atoms. The molecule has 0 aliphatic carbocycles. The third-order valence-corrected chi connectivity index (χ3v) is 2.28. The second-order valence-electron chi connectivity index (χ2n) is 3.09. The van der Waals surface area contributed by atoms with Crippen LogP contribution in [0.4, 0.5) is 0 Å². The molecule has 0 aromatic rings. The molecule has 1 nitrogen and oxygen atoms in total. The highest BCUT2D eigenvalue weighted by molar-refractivity contribution is 4.65. The molecule has 64 valence electrons. The van der Waals surface area contributed by atoms with Gasteiger partial charge in [0, 0.05) is 6.04 Å². The molecule has 0 aromatic heterocycles. The average molecular weight is 145 g/mol.